The molecule has 2 aromatic heterocycles. The normalized spacial score (nSPS) is 15.3. The van der Waals surface area contributed by atoms with Gasteiger partial charge < -0.3 is 0 Å². The van der Waals surface area contributed by atoms with Gasteiger partial charge >= 0.3 is 0 Å². The van der Waals surface area contributed by atoms with Gasteiger partial charge in [0.25, 0.3) is 5.56 Å². The van der Waals surface area contributed by atoms with Gasteiger partial charge in [-0.05, 0) is 31.9 Å². The number of nitrogens with zero attached hydrogens (tertiary/aromatic N) is 4. The maximum absolute atomic E-state index is 12.7. The minimum Gasteiger partial charge on any atom is -0.273 e. The molecular formula is C19H21N5O2. The zero-order valence-corrected chi connectivity index (χ0v) is 14.7. The molecule has 1 N–H and O–H groups in total. The van der Waals surface area contributed by atoms with E-state index in [0.29, 0.717) is 11.0 Å². The Kier molecular flexibility index (Phi) is 4.28. The SMILES string of the molecule is Cc1ccc(-n2ncc3c(=O)n(NC(=O)C4CCCCC4)cnc32)cc1. The third kappa shape index (κ3) is 3.00. The molecule has 1 aliphatic carbocycles. The summed E-state index contributed by atoms with van der Waals surface area (Å²) in [5.41, 5.74) is 4.83. The lowest BCUT2D eigenvalue weighted by atomic mass is 9.89. The minimum absolute atomic E-state index is 0.0263. The molecule has 1 amide bonds. The lowest BCUT2D eigenvalue weighted by Crippen LogP contribution is -2.37. The van der Waals surface area contributed by atoms with Crippen molar-refractivity contribution in [2.24, 2.45) is 5.92 Å². The third-order valence-corrected chi connectivity index (χ3v) is 4.97. The molecule has 2 heterocycles. The zero-order valence-electron chi connectivity index (χ0n) is 14.7. The molecule has 0 atom stereocenters. The molecule has 1 fully saturated rings. The fourth-order valence-electron chi connectivity index (χ4n) is 3.44. The number of nitrogens with one attached hydrogen (secondary N) is 1. The average molecular weight is 351 g/mol. The van der Waals surface area contributed by atoms with Crippen molar-refractivity contribution >= 4 is 16.9 Å². The molecule has 0 bridgehead atoms. The number of rotatable bonds is 3. The molecule has 26 heavy (non-hydrogen) atoms. The Bertz CT molecular complexity index is 997. The maximum Gasteiger partial charge on any atom is 0.283 e. The zero-order chi connectivity index (χ0) is 18.1. The Morgan fingerprint density at radius 3 is 2.62 bits per heavy atom. The van der Waals surface area contributed by atoms with Crippen LogP contribution in [0.15, 0.2) is 41.6 Å². The van der Waals surface area contributed by atoms with Crippen LogP contribution in [-0.2, 0) is 4.79 Å². The summed E-state index contributed by atoms with van der Waals surface area (Å²) in [6.07, 6.45) is 7.91. The van der Waals surface area contributed by atoms with Gasteiger partial charge in [-0.1, -0.05) is 37.0 Å². The summed E-state index contributed by atoms with van der Waals surface area (Å²) < 4.78 is 2.80. The Labute approximate surface area is 150 Å². The quantitative estimate of drug-likeness (QED) is 0.786. The van der Waals surface area contributed by atoms with E-state index in [4.69, 9.17) is 0 Å². The second-order valence-corrected chi connectivity index (χ2v) is 6.86. The molecule has 7 heteroatoms. The van der Waals surface area contributed by atoms with E-state index >= 15 is 0 Å². The monoisotopic (exact) mass is 351 g/mol. The number of hydrogen-bond donors (Lipinski definition) is 1. The number of carbonyl (C=O) groups excluding carboxylic acids is 1. The molecule has 0 saturated heterocycles. The molecule has 1 aromatic carbocycles. The minimum atomic E-state index is -0.322. The highest BCUT2D eigenvalue weighted by Gasteiger charge is 2.22. The number of benzene rings is 1. The van der Waals surface area contributed by atoms with Crippen molar-refractivity contribution in [3.8, 4) is 5.69 Å². The molecule has 134 valence electrons. The number of amides is 1. The highest BCUT2D eigenvalue weighted by atomic mass is 16.2. The smallest absolute Gasteiger partial charge is 0.273 e. The Balaban J connectivity index is 1.64. The van der Waals surface area contributed by atoms with Gasteiger partial charge in [-0.15, -0.1) is 0 Å². The summed E-state index contributed by atoms with van der Waals surface area (Å²) >= 11 is 0. The second kappa shape index (κ2) is 6.74. The van der Waals surface area contributed by atoms with Crippen LogP contribution in [-0.4, -0.2) is 25.3 Å². The Morgan fingerprint density at radius 1 is 1.15 bits per heavy atom. The summed E-state index contributed by atoms with van der Waals surface area (Å²) in [7, 11) is 0. The van der Waals surface area contributed by atoms with Crippen molar-refractivity contribution in [3.05, 3.63) is 52.7 Å². The first-order valence-electron chi connectivity index (χ1n) is 8.97. The van der Waals surface area contributed by atoms with Crippen molar-refractivity contribution in [2.45, 2.75) is 39.0 Å². The van der Waals surface area contributed by atoms with E-state index in [0.717, 1.165) is 36.9 Å². The van der Waals surface area contributed by atoms with Crippen molar-refractivity contribution in [2.75, 3.05) is 5.43 Å². The van der Waals surface area contributed by atoms with E-state index in [1.165, 1.54) is 23.6 Å². The van der Waals surface area contributed by atoms with Gasteiger partial charge in [-0.25, -0.2) is 14.3 Å². The van der Waals surface area contributed by atoms with Crippen LogP contribution >= 0.6 is 0 Å². The van der Waals surface area contributed by atoms with E-state index in [-0.39, 0.29) is 17.4 Å². The topological polar surface area (TPSA) is 81.8 Å². The predicted molar refractivity (Wildman–Crippen MR) is 98.8 cm³/mol. The maximum atomic E-state index is 12.7. The van der Waals surface area contributed by atoms with Crippen LogP contribution in [0.3, 0.4) is 0 Å². The Morgan fingerprint density at radius 2 is 1.88 bits per heavy atom. The van der Waals surface area contributed by atoms with Crippen molar-refractivity contribution < 1.29 is 4.79 Å². The van der Waals surface area contributed by atoms with E-state index in [1.54, 1.807) is 4.68 Å². The highest BCUT2D eigenvalue weighted by Crippen LogP contribution is 2.23. The van der Waals surface area contributed by atoms with E-state index in [9.17, 15) is 9.59 Å². The summed E-state index contributed by atoms with van der Waals surface area (Å²) in [4.78, 5) is 29.4. The molecule has 0 radical (unpaired) electrons. The van der Waals surface area contributed by atoms with Gasteiger partial charge in [-0.3, -0.25) is 15.0 Å². The van der Waals surface area contributed by atoms with Crippen molar-refractivity contribution in [1.29, 1.82) is 0 Å². The first kappa shape index (κ1) is 16.5. The molecular weight excluding hydrogens is 330 g/mol. The van der Waals surface area contributed by atoms with Gasteiger partial charge in [0.1, 0.15) is 11.7 Å². The van der Waals surface area contributed by atoms with Crippen LogP contribution in [0.1, 0.15) is 37.7 Å². The fraction of sp³-hybridized carbons (Fsp3) is 0.368. The molecule has 0 aliphatic heterocycles. The predicted octanol–water partition coefficient (Wildman–Crippen LogP) is 2.54. The first-order valence-corrected chi connectivity index (χ1v) is 8.97. The number of hydrogen-bond acceptors (Lipinski definition) is 4. The molecule has 1 saturated carbocycles. The van der Waals surface area contributed by atoms with Crippen LogP contribution in [0.25, 0.3) is 16.7 Å². The summed E-state index contributed by atoms with van der Waals surface area (Å²) in [6.45, 7) is 2.01. The van der Waals surface area contributed by atoms with Gasteiger partial charge in [0.2, 0.25) is 5.91 Å². The highest BCUT2D eigenvalue weighted by molar-refractivity contribution is 5.86. The lowest BCUT2D eigenvalue weighted by Gasteiger charge is -2.20. The first-order chi connectivity index (χ1) is 12.6. The number of carbonyl (C=O) groups is 1. The number of fused-ring (bicyclic) bond motifs is 1. The van der Waals surface area contributed by atoms with Crippen LogP contribution < -0.4 is 11.0 Å². The molecule has 4 rings (SSSR count). The Hall–Kier alpha value is -2.96. The molecule has 0 spiro atoms. The van der Waals surface area contributed by atoms with E-state index in [1.807, 2.05) is 31.2 Å². The standard InChI is InChI=1S/C19H21N5O2/c1-13-7-9-15(10-8-13)24-17-16(11-21-24)19(26)23(12-20-17)22-18(25)14-5-3-2-4-6-14/h7-12,14H,2-6H2,1H3,(H,22,25). The van der Waals surface area contributed by atoms with Crippen molar-refractivity contribution in [1.82, 2.24) is 19.4 Å². The van der Waals surface area contributed by atoms with Crippen LogP contribution in [0, 0.1) is 12.8 Å². The fourth-order valence-corrected chi connectivity index (χ4v) is 3.44. The number of aromatic nitrogens is 4. The van der Waals surface area contributed by atoms with Crippen LogP contribution in [0.4, 0.5) is 0 Å². The summed E-state index contributed by atoms with van der Waals surface area (Å²) in [5.74, 6) is -0.138. The summed E-state index contributed by atoms with van der Waals surface area (Å²) in [6, 6.07) is 7.82. The molecule has 1 aliphatic rings. The summed E-state index contributed by atoms with van der Waals surface area (Å²) in [5, 5.41) is 4.67. The van der Waals surface area contributed by atoms with Crippen molar-refractivity contribution in [3.63, 3.8) is 0 Å². The number of aryl methyl sites for hydroxylation is 1. The van der Waals surface area contributed by atoms with E-state index in [2.05, 4.69) is 15.5 Å². The van der Waals surface area contributed by atoms with Gasteiger partial charge in [0, 0.05) is 5.92 Å². The molecule has 0 unspecified atom stereocenters. The van der Waals surface area contributed by atoms with Crippen LogP contribution in [0.2, 0.25) is 0 Å². The largest absolute Gasteiger partial charge is 0.283 e. The van der Waals surface area contributed by atoms with Gasteiger partial charge in [-0.2, -0.15) is 5.10 Å². The third-order valence-electron chi connectivity index (χ3n) is 4.97. The van der Waals surface area contributed by atoms with Gasteiger partial charge in [0.05, 0.1) is 11.9 Å². The molecule has 7 nitrogen and oxygen atoms in total. The van der Waals surface area contributed by atoms with E-state index < -0.39 is 0 Å². The molecule has 3 aromatic rings. The van der Waals surface area contributed by atoms with Gasteiger partial charge in [0.15, 0.2) is 5.65 Å². The van der Waals surface area contributed by atoms with Crippen LogP contribution in [0.5, 0.6) is 0 Å². The lowest BCUT2D eigenvalue weighted by molar-refractivity contribution is -0.121. The average Bonchev–Trinajstić information content (AvgIpc) is 3.10. The second-order valence-electron chi connectivity index (χ2n) is 6.86.